The van der Waals surface area contributed by atoms with E-state index in [1.165, 1.54) is 0 Å². The maximum atomic E-state index is 11.9. The van der Waals surface area contributed by atoms with Crippen molar-refractivity contribution in [3.8, 4) is 0 Å². The van der Waals surface area contributed by atoms with Crippen LogP contribution in [0, 0.1) is 0 Å². The summed E-state index contributed by atoms with van der Waals surface area (Å²) in [6, 6.07) is 0.228. The summed E-state index contributed by atoms with van der Waals surface area (Å²) >= 11 is 1.72. The topological polar surface area (TPSA) is 44.7 Å². The Morgan fingerprint density at radius 2 is 2.35 bits per heavy atom. The number of thioether (sulfide) groups is 1. The van der Waals surface area contributed by atoms with Crippen molar-refractivity contribution in [1.82, 2.24) is 10.2 Å². The fourth-order valence-electron chi connectivity index (χ4n) is 1.67. The molecule has 2 unspecified atom stereocenters. The lowest BCUT2D eigenvalue weighted by Crippen LogP contribution is -2.45. The predicted molar refractivity (Wildman–Crippen MR) is 74.5 cm³/mol. The number of carbonyl (C=O) groups excluding carboxylic acids is 1. The molecule has 0 aromatic rings. The molecule has 2 atom stereocenters. The Morgan fingerprint density at radius 1 is 1.65 bits per heavy atom. The van der Waals surface area contributed by atoms with E-state index in [4.69, 9.17) is 0 Å². The second-order valence-corrected chi connectivity index (χ2v) is 5.44. The monoisotopic (exact) mass is 257 g/mol. The standard InChI is InChI=1S/C12H23N3OS/c1-5-10-7-8-17-12(14-10)13-9(3)11(16)15(4)6-2/h9-10H,5-8H2,1-4H3,(H,13,14). The number of hydrogen-bond donors (Lipinski definition) is 1. The van der Waals surface area contributed by atoms with Crippen LogP contribution >= 0.6 is 11.8 Å². The van der Waals surface area contributed by atoms with Gasteiger partial charge in [0.25, 0.3) is 0 Å². The molecule has 1 aliphatic rings. The van der Waals surface area contributed by atoms with Crippen molar-refractivity contribution in [2.75, 3.05) is 19.3 Å². The van der Waals surface area contributed by atoms with Gasteiger partial charge in [0.1, 0.15) is 6.04 Å². The molecule has 0 spiro atoms. The molecule has 0 aromatic heterocycles. The molecule has 0 saturated heterocycles. The molecule has 0 fully saturated rings. The van der Waals surface area contributed by atoms with Crippen LogP contribution in [0.25, 0.3) is 0 Å². The quantitative estimate of drug-likeness (QED) is 0.834. The molecule has 0 saturated carbocycles. The summed E-state index contributed by atoms with van der Waals surface area (Å²) < 4.78 is 0. The molecular weight excluding hydrogens is 234 g/mol. The molecule has 0 aromatic carbocycles. The highest BCUT2D eigenvalue weighted by Crippen LogP contribution is 2.18. The zero-order chi connectivity index (χ0) is 12.8. The summed E-state index contributed by atoms with van der Waals surface area (Å²) in [5.74, 6) is 1.21. The maximum Gasteiger partial charge on any atom is 0.244 e. The van der Waals surface area contributed by atoms with Gasteiger partial charge in [-0.05, 0) is 26.7 Å². The van der Waals surface area contributed by atoms with E-state index < -0.39 is 0 Å². The van der Waals surface area contributed by atoms with Crippen molar-refractivity contribution in [3.63, 3.8) is 0 Å². The SMILES string of the molecule is CCC1CCSC(NC(C)C(=O)N(C)CC)=N1. The van der Waals surface area contributed by atoms with Crippen LogP contribution in [0.5, 0.6) is 0 Å². The van der Waals surface area contributed by atoms with Crippen LogP contribution < -0.4 is 5.32 Å². The minimum Gasteiger partial charge on any atom is -0.353 e. The summed E-state index contributed by atoms with van der Waals surface area (Å²) in [6.07, 6.45) is 2.21. The lowest BCUT2D eigenvalue weighted by molar-refractivity contribution is -0.131. The largest absolute Gasteiger partial charge is 0.353 e. The number of nitrogens with zero attached hydrogens (tertiary/aromatic N) is 2. The first-order valence-corrected chi connectivity index (χ1v) is 7.29. The van der Waals surface area contributed by atoms with Gasteiger partial charge < -0.3 is 10.2 Å². The molecule has 98 valence electrons. The van der Waals surface area contributed by atoms with Gasteiger partial charge in [-0.1, -0.05) is 18.7 Å². The average Bonchev–Trinajstić information content (AvgIpc) is 2.37. The van der Waals surface area contributed by atoms with Crippen molar-refractivity contribution < 1.29 is 4.79 Å². The van der Waals surface area contributed by atoms with Gasteiger partial charge in [-0.15, -0.1) is 0 Å². The Bertz CT molecular complexity index is 293. The first kappa shape index (κ1) is 14.4. The third-order valence-corrected chi connectivity index (χ3v) is 3.96. The molecule has 0 radical (unpaired) electrons. The van der Waals surface area contributed by atoms with Gasteiger partial charge in [-0.3, -0.25) is 9.79 Å². The minimum atomic E-state index is -0.193. The molecule has 17 heavy (non-hydrogen) atoms. The summed E-state index contributed by atoms with van der Waals surface area (Å²) in [4.78, 5) is 18.2. The number of rotatable bonds is 4. The molecule has 0 bridgehead atoms. The fourth-order valence-corrected chi connectivity index (χ4v) is 2.73. The van der Waals surface area contributed by atoms with Gasteiger partial charge >= 0.3 is 0 Å². The van der Waals surface area contributed by atoms with Crippen LogP contribution in [0.2, 0.25) is 0 Å². The van der Waals surface area contributed by atoms with E-state index in [0.29, 0.717) is 6.04 Å². The summed E-state index contributed by atoms with van der Waals surface area (Å²) in [7, 11) is 1.82. The lowest BCUT2D eigenvalue weighted by atomic mass is 10.2. The Hall–Kier alpha value is -0.710. The molecule has 1 rings (SSSR count). The number of aliphatic imine (C=N–C) groups is 1. The summed E-state index contributed by atoms with van der Waals surface area (Å²) in [6.45, 7) is 6.76. The van der Waals surface area contributed by atoms with E-state index in [9.17, 15) is 4.79 Å². The van der Waals surface area contributed by atoms with Gasteiger partial charge in [-0.25, -0.2) is 0 Å². The molecule has 0 aliphatic carbocycles. The average molecular weight is 257 g/mol. The van der Waals surface area contributed by atoms with Crippen LogP contribution in [-0.4, -0.2) is 47.4 Å². The third kappa shape index (κ3) is 4.22. The zero-order valence-electron chi connectivity index (χ0n) is 11.2. The maximum absolute atomic E-state index is 11.9. The highest BCUT2D eigenvalue weighted by molar-refractivity contribution is 8.13. The van der Waals surface area contributed by atoms with Gasteiger partial charge in [0, 0.05) is 19.3 Å². The molecule has 1 amide bonds. The fraction of sp³-hybridized carbons (Fsp3) is 0.833. The summed E-state index contributed by atoms with van der Waals surface area (Å²) in [5.41, 5.74) is 0. The van der Waals surface area contributed by atoms with Crippen LogP contribution in [0.15, 0.2) is 4.99 Å². The second-order valence-electron chi connectivity index (χ2n) is 4.35. The van der Waals surface area contributed by atoms with E-state index in [1.807, 2.05) is 20.9 Å². The smallest absolute Gasteiger partial charge is 0.244 e. The third-order valence-electron chi connectivity index (χ3n) is 3.02. The minimum absolute atomic E-state index is 0.120. The van der Waals surface area contributed by atoms with Gasteiger partial charge in [0.2, 0.25) is 5.91 Å². The van der Waals surface area contributed by atoms with Gasteiger partial charge in [0.15, 0.2) is 5.17 Å². The highest BCUT2D eigenvalue weighted by Gasteiger charge is 2.20. The number of amidine groups is 1. The molecule has 1 aliphatic heterocycles. The first-order valence-electron chi connectivity index (χ1n) is 6.30. The van der Waals surface area contributed by atoms with Crippen molar-refractivity contribution in [2.24, 2.45) is 4.99 Å². The van der Waals surface area contributed by atoms with Crippen LogP contribution in [0.4, 0.5) is 0 Å². The molecule has 4 nitrogen and oxygen atoms in total. The molecule has 5 heteroatoms. The van der Waals surface area contributed by atoms with Crippen molar-refractivity contribution in [3.05, 3.63) is 0 Å². The Kier molecular flexibility index (Phi) is 5.82. The Balaban J connectivity index is 2.53. The number of carbonyl (C=O) groups is 1. The van der Waals surface area contributed by atoms with Crippen LogP contribution in [0.3, 0.4) is 0 Å². The first-order chi connectivity index (χ1) is 8.08. The normalized spacial score (nSPS) is 21.6. The molecule has 1 heterocycles. The summed E-state index contributed by atoms with van der Waals surface area (Å²) in [5, 5.41) is 4.14. The molecule has 1 N–H and O–H groups in total. The number of amides is 1. The van der Waals surface area contributed by atoms with Crippen molar-refractivity contribution in [1.29, 1.82) is 0 Å². The van der Waals surface area contributed by atoms with Gasteiger partial charge in [-0.2, -0.15) is 0 Å². The Labute approximate surface area is 108 Å². The van der Waals surface area contributed by atoms with E-state index in [-0.39, 0.29) is 11.9 Å². The van der Waals surface area contributed by atoms with E-state index >= 15 is 0 Å². The van der Waals surface area contributed by atoms with Gasteiger partial charge in [0.05, 0.1) is 6.04 Å². The van der Waals surface area contributed by atoms with Crippen LogP contribution in [0.1, 0.15) is 33.6 Å². The van der Waals surface area contributed by atoms with E-state index in [0.717, 1.165) is 30.3 Å². The van der Waals surface area contributed by atoms with E-state index in [1.54, 1.807) is 16.7 Å². The Morgan fingerprint density at radius 3 is 2.94 bits per heavy atom. The van der Waals surface area contributed by atoms with E-state index in [2.05, 4.69) is 17.2 Å². The molecular formula is C12H23N3OS. The van der Waals surface area contributed by atoms with Crippen molar-refractivity contribution >= 4 is 22.8 Å². The van der Waals surface area contributed by atoms with Crippen LogP contribution in [-0.2, 0) is 4.79 Å². The highest BCUT2D eigenvalue weighted by atomic mass is 32.2. The zero-order valence-corrected chi connectivity index (χ0v) is 12.0. The number of nitrogens with one attached hydrogen (secondary N) is 1. The van der Waals surface area contributed by atoms with Crippen molar-refractivity contribution in [2.45, 2.75) is 45.7 Å². The lowest BCUT2D eigenvalue weighted by Gasteiger charge is -2.24. The second kappa shape index (κ2) is 6.89. The predicted octanol–water partition coefficient (Wildman–Crippen LogP) is 1.71. The number of hydrogen-bond acceptors (Lipinski definition) is 4. The number of likely N-dealkylation sites (N-methyl/N-ethyl adjacent to an activating group) is 1.